The third kappa shape index (κ3) is 6.95. The van der Waals surface area contributed by atoms with Crippen LogP contribution < -0.4 is 16.0 Å². The van der Waals surface area contributed by atoms with Crippen molar-refractivity contribution in [3.63, 3.8) is 0 Å². The molecule has 0 bridgehead atoms. The highest BCUT2D eigenvalue weighted by Crippen LogP contribution is 2.19. The molecule has 142 valence electrons. The van der Waals surface area contributed by atoms with E-state index in [0.29, 0.717) is 18.0 Å². The summed E-state index contributed by atoms with van der Waals surface area (Å²) in [5.74, 6) is 1.14. The maximum absolute atomic E-state index is 11.7. The van der Waals surface area contributed by atoms with Crippen molar-refractivity contribution >= 4 is 47.2 Å². The second-order valence-corrected chi connectivity index (χ2v) is 6.75. The molecule has 0 spiro atoms. The number of benzene rings is 1. The number of carbonyl (C=O) groups is 1. The van der Waals surface area contributed by atoms with E-state index < -0.39 is 0 Å². The van der Waals surface area contributed by atoms with Crippen molar-refractivity contribution in [2.45, 2.75) is 26.3 Å². The van der Waals surface area contributed by atoms with Crippen LogP contribution in [0.4, 0.5) is 0 Å². The molecule has 0 aliphatic carbocycles. The van der Waals surface area contributed by atoms with E-state index in [2.05, 4.69) is 45.4 Å². The van der Waals surface area contributed by atoms with Gasteiger partial charge in [-0.2, -0.15) is 0 Å². The molecule has 1 aromatic heterocycles. The summed E-state index contributed by atoms with van der Waals surface area (Å²) in [5.41, 5.74) is 1.66. The van der Waals surface area contributed by atoms with Crippen molar-refractivity contribution in [3.05, 3.63) is 57.8 Å². The Labute approximate surface area is 176 Å². The molecule has 7 heteroatoms. The maximum atomic E-state index is 11.7. The van der Waals surface area contributed by atoms with Crippen molar-refractivity contribution in [2.75, 3.05) is 20.1 Å². The van der Waals surface area contributed by atoms with E-state index in [1.807, 2.05) is 25.1 Å². The van der Waals surface area contributed by atoms with Gasteiger partial charge in [0.05, 0.1) is 6.54 Å². The lowest BCUT2D eigenvalue weighted by atomic mass is 10.1. The molecule has 2 aromatic rings. The summed E-state index contributed by atoms with van der Waals surface area (Å²) in [6.45, 7) is 6.40. The van der Waals surface area contributed by atoms with Gasteiger partial charge in [-0.25, -0.2) is 4.99 Å². The molecule has 2 rings (SSSR count). The van der Waals surface area contributed by atoms with Crippen LogP contribution in [0, 0.1) is 0 Å². The number of amides is 1. The average Bonchev–Trinajstić information content (AvgIpc) is 3.18. The molecule has 0 radical (unpaired) electrons. The number of hydrogen-bond donors (Lipinski definition) is 3. The van der Waals surface area contributed by atoms with E-state index in [0.717, 1.165) is 24.6 Å². The zero-order chi connectivity index (χ0) is 18.1. The number of nitrogens with one attached hydrogen (secondary N) is 3. The quantitative estimate of drug-likeness (QED) is 0.319. The molecule has 5 nitrogen and oxygen atoms in total. The summed E-state index contributed by atoms with van der Waals surface area (Å²) in [5, 5.41) is 11.4. The Morgan fingerprint density at radius 2 is 2.04 bits per heavy atom. The third-order valence-electron chi connectivity index (χ3n) is 3.78. The fourth-order valence-electron chi connectivity index (χ4n) is 2.39. The van der Waals surface area contributed by atoms with Crippen LogP contribution in [0.3, 0.4) is 0 Å². The molecule has 1 heterocycles. The molecule has 0 saturated carbocycles. The minimum Gasteiger partial charge on any atom is -0.357 e. The molecule has 3 N–H and O–H groups in total. The van der Waals surface area contributed by atoms with Gasteiger partial charge in [0.2, 0.25) is 0 Å². The fraction of sp³-hybridized carbons (Fsp3) is 0.368. The number of rotatable bonds is 7. The number of guanidine groups is 1. The number of aliphatic imine (C=N–C) groups is 1. The molecule has 26 heavy (non-hydrogen) atoms. The Morgan fingerprint density at radius 3 is 2.69 bits per heavy atom. The lowest BCUT2D eigenvalue weighted by Gasteiger charge is -2.15. The van der Waals surface area contributed by atoms with E-state index in [4.69, 9.17) is 0 Å². The van der Waals surface area contributed by atoms with Gasteiger partial charge in [0, 0.05) is 36.5 Å². The number of thiophene rings is 1. The van der Waals surface area contributed by atoms with Crippen LogP contribution >= 0.6 is 35.3 Å². The summed E-state index contributed by atoms with van der Waals surface area (Å²) < 4.78 is 0. The minimum absolute atomic E-state index is 0. The third-order valence-corrected chi connectivity index (χ3v) is 4.89. The first-order chi connectivity index (χ1) is 12.1. The van der Waals surface area contributed by atoms with Crippen molar-refractivity contribution in [1.29, 1.82) is 0 Å². The van der Waals surface area contributed by atoms with Gasteiger partial charge in [-0.3, -0.25) is 4.79 Å². The first-order valence-corrected chi connectivity index (χ1v) is 9.38. The normalized spacial score (nSPS) is 12.0. The van der Waals surface area contributed by atoms with Crippen LogP contribution in [0.1, 0.15) is 40.6 Å². The standard InChI is InChI=1S/C19H26N4OS.HI/c1-4-21-19(22-12-14(2)17-9-6-10-25-17)23-13-15-7-5-8-16(11-15)18(24)20-3;/h5-11,14H,4,12-13H2,1-3H3,(H,20,24)(H2,21,22,23);1H. The van der Waals surface area contributed by atoms with E-state index in [1.54, 1.807) is 24.5 Å². The Balaban J connectivity index is 0.00000338. The predicted octanol–water partition coefficient (Wildman–Crippen LogP) is 3.58. The van der Waals surface area contributed by atoms with E-state index in [9.17, 15) is 4.79 Å². The lowest BCUT2D eigenvalue weighted by molar-refractivity contribution is 0.0963. The van der Waals surface area contributed by atoms with Gasteiger partial charge in [0.15, 0.2) is 5.96 Å². The maximum Gasteiger partial charge on any atom is 0.251 e. The topological polar surface area (TPSA) is 65.5 Å². The van der Waals surface area contributed by atoms with Crippen molar-refractivity contribution in [3.8, 4) is 0 Å². The average molecular weight is 486 g/mol. The Morgan fingerprint density at radius 1 is 1.23 bits per heavy atom. The van der Waals surface area contributed by atoms with Gasteiger partial charge in [-0.05, 0) is 36.1 Å². The SMILES string of the molecule is CCNC(=NCc1cccc(C(=O)NC)c1)NCC(C)c1cccs1.I. The number of hydrogen-bond acceptors (Lipinski definition) is 3. The van der Waals surface area contributed by atoms with E-state index in [-0.39, 0.29) is 29.9 Å². The highest BCUT2D eigenvalue weighted by molar-refractivity contribution is 14.0. The first-order valence-electron chi connectivity index (χ1n) is 8.50. The van der Waals surface area contributed by atoms with E-state index in [1.165, 1.54) is 4.88 Å². The fourth-order valence-corrected chi connectivity index (χ4v) is 3.18. The van der Waals surface area contributed by atoms with Gasteiger partial charge in [-0.15, -0.1) is 35.3 Å². The Bertz CT molecular complexity index is 703. The molecule has 1 aromatic carbocycles. The van der Waals surface area contributed by atoms with Crippen LogP contribution in [0.5, 0.6) is 0 Å². The van der Waals surface area contributed by atoms with Crippen LogP contribution in [0.15, 0.2) is 46.8 Å². The molecular formula is C19H27IN4OS. The summed E-state index contributed by atoms with van der Waals surface area (Å²) >= 11 is 1.77. The van der Waals surface area contributed by atoms with Gasteiger partial charge >= 0.3 is 0 Å². The summed E-state index contributed by atoms with van der Waals surface area (Å²) in [4.78, 5) is 17.7. The van der Waals surface area contributed by atoms with Gasteiger partial charge in [-0.1, -0.05) is 25.1 Å². The lowest BCUT2D eigenvalue weighted by Crippen LogP contribution is -2.39. The van der Waals surface area contributed by atoms with Crippen LogP contribution in [-0.2, 0) is 6.54 Å². The number of nitrogens with zero attached hydrogens (tertiary/aromatic N) is 1. The minimum atomic E-state index is -0.0827. The molecule has 0 aliphatic heterocycles. The molecule has 0 aliphatic rings. The molecule has 0 saturated heterocycles. The number of carbonyl (C=O) groups excluding carboxylic acids is 1. The summed E-state index contributed by atoms with van der Waals surface area (Å²) in [7, 11) is 1.63. The summed E-state index contributed by atoms with van der Waals surface area (Å²) in [6.07, 6.45) is 0. The smallest absolute Gasteiger partial charge is 0.251 e. The van der Waals surface area contributed by atoms with Crippen molar-refractivity contribution < 1.29 is 4.79 Å². The molecule has 1 unspecified atom stereocenters. The number of halogens is 1. The van der Waals surface area contributed by atoms with Gasteiger partial charge in [0.1, 0.15) is 0 Å². The molecule has 1 atom stereocenters. The molecular weight excluding hydrogens is 459 g/mol. The highest BCUT2D eigenvalue weighted by Gasteiger charge is 2.08. The molecule has 0 fully saturated rings. The summed E-state index contributed by atoms with van der Waals surface area (Å²) in [6, 6.07) is 11.8. The van der Waals surface area contributed by atoms with Gasteiger partial charge < -0.3 is 16.0 Å². The van der Waals surface area contributed by atoms with Gasteiger partial charge in [0.25, 0.3) is 5.91 Å². The Kier molecular flexibility index (Phi) is 10.3. The zero-order valence-corrected chi connectivity index (χ0v) is 18.6. The highest BCUT2D eigenvalue weighted by atomic mass is 127. The van der Waals surface area contributed by atoms with Crippen LogP contribution in [0.2, 0.25) is 0 Å². The van der Waals surface area contributed by atoms with Crippen LogP contribution in [-0.4, -0.2) is 32.0 Å². The molecule has 1 amide bonds. The monoisotopic (exact) mass is 486 g/mol. The Hall–Kier alpha value is -1.61. The first kappa shape index (κ1) is 22.4. The van der Waals surface area contributed by atoms with Crippen molar-refractivity contribution in [2.24, 2.45) is 4.99 Å². The predicted molar refractivity (Wildman–Crippen MR) is 121 cm³/mol. The largest absolute Gasteiger partial charge is 0.357 e. The van der Waals surface area contributed by atoms with E-state index >= 15 is 0 Å². The zero-order valence-electron chi connectivity index (χ0n) is 15.4. The van der Waals surface area contributed by atoms with Crippen molar-refractivity contribution in [1.82, 2.24) is 16.0 Å². The van der Waals surface area contributed by atoms with Crippen LogP contribution in [0.25, 0.3) is 0 Å². The second-order valence-electron chi connectivity index (χ2n) is 5.77. The second kappa shape index (κ2) is 11.9.